The highest BCUT2D eigenvalue weighted by Gasteiger charge is 2.36. The van der Waals surface area contributed by atoms with E-state index in [1.54, 1.807) is 11.1 Å². The minimum Gasteiger partial charge on any atom is -0.486 e. The Hall–Kier alpha value is -2.92. The van der Waals surface area contributed by atoms with Gasteiger partial charge in [0.25, 0.3) is 5.91 Å². The Kier molecular flexibility index (Phi) is 4.07. The summed E-state index contributed by atoms with van der Waals surface area (Å²) in [4.78, 5) is 18.8. The lowest BCUT2D eigenvalue weighted by atomic mass is 10.1. The highest BCUT2D eigenvalue weighted by atomic mass is 16.5. The number of hydrogen-bond donors (Lipinski definition) is 1. The summed E-state index contributed by atoms with van der Waals surface area (Å²) in [6, 6.07) is 18.9. The maximum atomic E-state index is 12.9. The Labute approximate surface area is 145 Å². The fourth-order valence-electron chi connectivity index (χ4n) is 3.15. The molecule has 2 heterocycles. The van der Waals surface area contributed by atoms with E-state index in [4.69, 9.17) is 4.74 Å². The van der Waals surface area contributed by atoms with Gasteiger partial charge in [0.05, 0.1) is 13.1 Å². The third-order valence-electron chi connectivity index (χ3n) is 4.43. The molecule has 0 radical (unpaired) electrons. The van der Waals surface area contributed by atoms with Crippen LogP contribution in [0, 0.1) is 0 Å². The van der Waals surface area contributed by atoms with Gasteiger partial charge in [-0.05, 0) is 23.6 Å². The van der Waals surface area contributed by atoms with Crippen LogP contribution >= 0.6 is 0 Å². The molecule has 2 aromatic carbocycles. The van der Waals surface area contributed by atoms with Crippen molar-refractivity contribution < 1.29 is 14.6 Å². The number of aliphatic hydroxyl groups excluding tert-OH is 1. The van der Waals surface area contributed by atoms with Gasteiger partial charge in [-0.3, -0.25) is 9.78 Å². The lowest BCUT2D eigenvalue weighted by Gasteiger charge is -2.17. The molecule has 1 amide bonds. The standard InChI is InChI=1S/C20H18N2O3/c23-17-12-22(13-18(17)25-15-7-2-1-3-8-15)20(24)19-16-9-5-4-6-14(16)10-11-21-19/h1-11,17-18,23H,12-13H2/t17-,18-/m1/s1. The first-order valence-electron chi connectivity index (χ1n) is 8.25. The average Bonchev–Trinajstić information content (AvgIpc) is 3.02. The molecule has 5 nitrogen and oxygen atoms in total. The lowest BCUT2D eigenvalue weighted by Crippen LogP contribution is -2.31. The molecule has 4 rings (SSSR count). The van der Waals surface area contributed by atoms with E-state index in [0.29, 0.717) is 18.0 Å². The predicted molar refractivity (Wildman–Crippen MR) is 94.5 cm³/mol. The number of aliphatic hydroxyl groups is 1. The molecule has 0 saturated carbocycles. The number of fused-ring (bicyclic) bond motifs is 1. The molecule has 126 valence electrons. The number of benzene rings is 2. The predicted octanol–water partition coefficient (Wildman–Crippen LogP) is 2.50. The Balaban J connectivity index is 1.55. The van der Waals surface area contributed by atoms with Crippen LogP contribution in [-0.4, -0.2) is 46.2 Å². The van der Waals surface area contributed by atoms with Crippen molar-refractivity contribution in [3.05, 3.63) is 72.6 Å². The number of nitrogens with zero attached hydrogens (tertiary/aromatic N) is 2. The second kappa shape index (κ2) is 6.53. The summed E-state index contributed by atoms with van der Waals surface area (Å²) in [7, 11) is 0. The number of ether oxygens (including phenoxy) is 1. The monoisotopic (exact) mass is 334 g/mol. The van der Waals surface area contributed by atoms with Gasteiger partial charge >= 0.3 is 0 Å². The maximum absolute atomic E-state index is 12.9. The van der Waals surface area contributed by atoms with Gasteiger partial charge in [0.2, 0.25) is 0 Å². The molecule has 1 aliphatic rings. The first-order valence-corrected chi connectivity index (χ1v) is 8.25. The number of β-amino-alcohol motifs (C(OH)–C–C–N with tert-alkyl or cyclic N) is 1. The summed E-state index contributed by atoms with van der Waals surface area (Å²) in [5, 5.41) is 12.1. The largest absolute Gasteiger partial charge is 0.486 e. The number of rotatable bonds is 3. The van der Waals surface area contributed by atoms with E-state index in [0.717, 1.165) is 10.8 Å². The van der Waals surface area contributed by atoms with Gasteiger partial charge in [-0.15, -0.1) is 0 Å². The number of pyridine rings is 1. The van der Waals surface area contributed by atoms with Crippen molar-refractivity contribution in [3.8, 4) is 5.75 Å². The highest BCUT2D eigenvalue weighted by molar-refractivity contribution is 6.05. The van der Waals surface area contributed by atoms with Crippen LogP contribution in [0.2, 0.25) is 0 Å². The van der Waals surface area contributed by atoms with Crippen LogP contribution in [0.25, 0.3) is 10.8 Å². The maximum Gasteiger partial charge on any atom is 0.273 e. The highest BCUT2D eigenvalue weighted by Crippen LogP contribution is 2.22. The molecule has 1 N–H and O–H groups in total. The van der Waals surface area contributed by atoms with E-state index in [2.05, 4.69) is 4.98 Å². The summed E-state index contributed by atoms with van der Waals surface area (Å²) in [5.74, 6) is 0.499. The summed E-state index contributed by atoms with van der Waals surface area (Å²) in [6.45, 7) is 0.570. The van der Waals surface area contributed by atoms with Crippen molar-refractivity contribution in [3.63, 3.8) is 0 Å². The van der Waals surface area contributed by atoms with Crippen LogP contribution in [0.3, 0.4) is 0 Å². The molecule has 0 unspecified atom stereocenters. The minimum atomic E-state index is -0.723. The van der Waals surface area contributed by atoms with Gasteiger partial charge < -0.3 is 14.7 Å². The van der Waals surface area contributed by atoms with Gasteiger partial charge in [0.1, 0.15) is 23.7 Å². The summed E-state index contributed by atoms with van der Waals surface area (Å²) < 4.78 is 5.83. The van der Waals surface area contributed by atoms with E-state index < -0.39 is 12.2 Å². The van der Waals surface area contributed by atoms with Crippen LogP contribution in [-0.2, 0) is 0 Å². The average molecular weight is 334 g/mol. The van der Waals surface area contributed by atoms with Crippen LogP contribution in [0.1, 0.15) is 10.5 Å². The zero-order valence-corrected chi connectivity index (χ0v) is 13.6. The molecule has 3 aromatic rings. The van der Waals surface area contributed by atoms with Crippen molar-refractivity contribution in [1.29, 1.82) is 0 Å². The van der Waals surface area contributed by atoms with Crippen molar-refractivity contribution in [2.45, 2.75) is 12.2 Å². The molecule has 0 aliphatic carbocycles. The first-order chi connectivity index (χ1) is 12.2. The molecule has 1 saturated heterocycles. The number of likely N-dealkylation sites (tertiary alicyclic amines) is 1. The van der Waals surface area contributed by atoms with Gasteiger partial charge in [-0.25, -0.2) is 0 Å². The molecular weight excluding hydrogens is 316 g/mol. The number of carbonyl (C=O) groups excluding carboxylic acids is 1. The smallest absolute Gasteiger partial charge is 0.273 e. The van der Waals surface area contributed by atoms with Gasteiger partial charge in [0, 0.05) is 11.6 Å². The Bertz CT molecular complexity index is 892. The molecule has 5 heteroatoms. The quantitative estimate of drug-likeness (QED) is 0.799. The van der Waals surface area contributed by atoms with Crippen molar-refractivity contribution in [2.24, 2.45) is 0 Å². The van der Waals surface area contributed by atoms with E-state index in [9.17, 15) is 9.90 Å². The van der Waals surface area contributed by atoms with Crippen LogP contribution in [0.4, 0.5) is 0 Å². The minimum absolute atomic E-state index is 0.185. The van der Waals surface area contributed by atoms with Crippen LogP contribution in [0.15, 0.2) is 66.9 Å². The number of hydrogen-bond acceptors (Lipinski definition) is 4. The molecular formula is C20H18N2O3. The molecule has 0 bridgehead atoms. The van der Waals surface area contributed by atoms with Crippen molar-refractivity contribution in [1.82, 2.24) is 9.88 Å². The third-order valence-corrected chi connectivity index (χ3v) is 4.43. The number of para-hydroxylation sites is 1. The van der Waals surface area contributed by atoms with Crippen molar-refractivity contribution >= 4 is 16.7 Å². The molecule has 1 aliphatic heterocycles. The second-order valence-corrected chi connectivity index (χ2v) is 6.13. The van der Waals surface area contributed by atoms with Crippen molar-refractivity contribution in [2.75, 3.05) is 13.1 Å². The number of carbonyl (C=O) groups is 1. The van der Waals surface area contributed by atoms with E-state index >= 15 is 0 Å². The second-order valence-electron chi connectivity index (χ2n) is 6.13. The summed E-state index contributed by atoms with van der Waals surface area (Å²) in [6.07, 6.45) is 0.473. The zero-order valence-electron chi connectivity index (χ0n) is 13.6. The Morgan fingerprint density at radius 2 is 1.80 bits per heavy atom. The van der Waals surface area contributed by atoms with E-state index in [1.807, 2.05) is 60.7 Å². The van der Waals surface area contributed by atoms with Crippen LogP contribution < -0.4 is 4.74 Å². The number of amides is 1. The van der Waals surface area contributed by atoms with E-state index in [-0.39, 0.29) is 12.5 Å². The van der Waals surface area contributed by atoms with Gasteiger partial charge in [0.15, 0.2) is 0 Å². The molecule has 1 aromatic heterocycles. The molecule has 1 fully saturated rings. The Morgan fingerprint density at radius 1 is 1.04 bits per heavy atom. The third kappa shape index (κ3) is 3.06. The van der Waals surface area contributed by atoms with Gasteiger partial charge in [-0.1, -0.05) is 42.5 Å². The number of aromatic nitrogens is 1. The fraction of sp³-hybridized carbons (Fsp3) is 0.200. The Morgan fingerprint density at radius 3 is 2.64 bits per heavy atom. The lowest BCUT2D eigenvalue weighted by molar-refractivity contribution is 0.0729. The molecule has 2 atom stereocenters. The SMILES string of the molecule is O=C(c1nccc2ccccc12)N1C[C@@H](O)[C@H](Oc2ccccc2)C1. The first kappa shape index (κ1) is 15.6. The zero-order chi connectivity index (χ0) is 17.2. The van der Waals surface area contributed by atoms with Gasteiger partial charge in [-0.2, -0.15) is 0 Å². The van der Waals surface area contributed by atoms with E-state index in [1.165, 1.54) is 0 Å². The molecule has 0 spiro atoms. The fourth-order valence-corrected chi connectivity index (χ4v) is 3.15. The normalized spacial score (nSPS) is 20.0. The van der Waals surface area contributed by atoms with Crippen LogP contribution in [0.5, 0.6) is 5.75 Å². The topological polar surface area (TPSA) is 62.7 Å². The molecule has 25 heavy (non-hydrogen) atoms. The summed E-state index contributed by atoms with van der Waals surface area (Å²) in [5.41, 5.74) is 0.408. The summed E-state index contributed by atoms with van der Waals surface area (Å²) >= 11 is 0.